The van der Waals surface area contributed by atoms with Crippen LogP contribution in [0, 0.1) is 0 Å². The van der Waals surface area contributed by atoms with E-state index in [1.807, 2.05) is 12.3 Å². The first-order chi connectivity index (χ1) is 8.63. The van der Waals surface area contributed by atoms with E-state index >= 15 is 0 Å². The second-order valence-corrected chi connectivity index (χ2v) is 4.74. The Morgan fingerprint density at radius 2 is 2.22 bits per heavy atom. The van der Waals surface area contributed by atoms with Gasteiger partial charge < -0.3 is 5.32 Å². The molecule has 5 nitrogen and oxygen atoms in total. The van der Waals surface area contributed by atoms with Crippen molar-refractivity contribution in [2.75, 3.05) is 6.54 Å². The molecule has 0 unspecified atom stereocenters. The van der Waals surface area contributed by atoms with E-state index in [2.05, 4.69) is 15.8 Å². The van der Waals surface area contributed by atoms with Gasteiger partial charge in [-0.3, -0.25) is 9.59 Å². The zero-order valence-electron chi connectivity index (χ0n) is 10.5. The Morgan fingerprint density at radius 1 is 1.44 bits per heavy atom. The lowest BCUT2D eigenvalue weighted by Crippen LogP contribution is -2.26. The standard InChI is InChI=1S/C12H17N3O2S/c1-3-6-13-11(16)8-9(2)14-15-12(17)10-5-4-7-18-10/h4-5,7H,3,6,8H2,1-2H3,(H,13,16)(H,15,17)/b14-9-. The third-order valence-electron chi connectivity index (χ3n) is 2.08. The number of nitrogens with one attached hydrogen (secondary N) is 2. The van der Waals surface area contributed by atoms with E-state index < -0.39 is 0 Å². The molecular formula is C12H17N3O2S. The first-order valence-electron chi connectivity index (χ1n) is 5.77. The fourth-order valence-corrected chi connectivity index (χ4v) is 1.82. The zero-order chi connectivity index (χ0) is 13.4. The van der Waals surface area contributed by atoms with Gasteiger partial charge in [-0.15, -0.1) is 11.3 Å². The van der Waals surface area contributed by atoms with Gasteiger partial charge in [0.25, 0.3) is 5.91 Å². The SMILES string of the molecule is CCCNC(=O)C/C(C)=N\NC(=O)c1cccs1. The Morgan fingerprint density at radius 3 is 2.83 bits per heavy atom. The topological polar surface area (TPSA) is 70.6 Å². The van der Waals surface area contributed by atoms with Crippen LogP contribution >= 0.6 is 11.3 Å². The second kappa shape index (κ2) is 7.60. The van der Waals surface area contributed by atoms with Crippen molar-refractivity contribution in [3.63, 3.8) is 0 Å². The second-order valence-electron chi connectivity index (χ2n) is 3.79. The summed E-state index contributed by atoms with van der Waals surface area (Å²) in [6.45, 7) is 4.36. The van der Waals surface area contributed by atoms with E-state index in [4.69, 9.17) is 0 Å². The zero-order valence-corrected chi connectivity index (χ0v) is 11.3. The van der Waals surface area contributed by atoms with Gasteiger partial charge in [0.1, 0.15) is 0 Å². The van der Waals surface area contributed by atoms with Crippen LogP contribution < -0.4 is 10.7 Å². The van der Waals surface area contributed by atoms with Gasteiger partial charge in [-0.1, -0.05) is 13.0 Å². The smallest absolute Gasteiger partial charge is 0.281 e. The van der Waals surface area contributed by atoms with Gasteiger partial charge in [0.05, 0.1) is 11.3 Å². The molecule has 0 saturated carbocycles. The van der Waals surface area contributed by atoms with Crippen molar-refractivity contribution in [1.29, 1.82) is 0 Å². The summed E-state index contributed by atoms with van der Waals surface area (Å²) >= 11 is 1.35. The lowest BCUT2D eigenvalue weighted by molar-refractivity contribution is -0.119. The quantitative estimate of drug-likeness (QED) is 0.609. The Hall–Kier alpha value is -1.69. The molecule has 0 bridgehead atoms. The van der Waals surface area contributed by atoms with E-state index in [0.717, 1.165) is 6.42 Å². The summed E-state index contributed by atoms with van der Waals surface area (Å²) in [5.74, 6) is -0.332. The van der Waals surface area contributed by atoms with Crippen LogP contribution in [0.2, 0.25) is 0 Å². The molecule has 0 aliphatic carbocycles. The van der Waals surface area contributed by atoms with Crippen LogP contribution in [-0.2, 0) is 4.79 Å². The van der Waals surface area contributed by atoms with Crippen molar-refractivity contribution in [1.82, 2.24) is 10.7 Å². The van der Waals surface area contributed by atoms with E-state index in [0.29, 0.717) is 17.1 Å². The van der Waals surface area contributed by atoms with Crippen molar-refractivity contribution in [2.45, 2.75) is 26.7 Å². The molecule has 0 fully saturated rings. The monoisotopic (exact) mass is 267 g/mol. The number of amides is 2. The van der Waals surface area contributed by atoms with Gasteiger partial charge in [0, 0.05) is 12.3 Å². The van der Waals surface area contributed by atoms with Crippen molar-refractivity contribution in [2.24, 2.45) is 5.10 Å². The number of hydrogen-bond donors (Lipinski definition) is 2. The molecule has 18 heavy (non-hydrogen) atoms. The molecule has 6 heteroatoms. The van der Waals surface area contributed by atoms with Gasteiger partial charge in [-0.2, -0.15) is 5.10 Å². The molecule has 0 spiro atoms. The van der Waals surface area contributed by atoms with Crippen LogP contribution in [0.15, 0.2) is 22.6 Å². The van der Waals surface area contributed by atoms with Crippen LogP contribution in [0.4, 0.5) is 0 Å². The maximum absolute atomic E-state index is 11.6. The fraction of sp³-hybridized carbons (Fsp3) is 0.417. The fourth-order valence-electron chi connectivity index (χ4n) is 1.21. The number of rotatable bonds is 6. The van der Waals surface area contributed by atoms with Gasteiger partial charge in [0.2, 0.25) is 5.91 Å². The summed E-state index contributed by atoms with van der Waals surface area (Å²) in [5.41, 5.74) is 3.00. The van der Waals surface area contributed by atoms with E-state index in [9.17, 15) is 9.59 Å². The third kappa shape index (κ3) is 5.09. The molecule has 98 valence electrons. The minimum Gasteiger partial charge on any atom is -0.356 e. The van der Waals surface area contributed by atoms with E-state index in [1.54, 1.807) is 19.1 Å². The van der Waals surface area contributed by atoms with E-state index in [-0.39, 0.29) is 18.2 Å². The van der Waals surface area contributed by atoms with Crippen molar-refractivity contribution >= 4 is 28.9 Å². The molecule has 0 aromatic carbocycles. The van der Waals surface area contributed by atoms with Crippen molar-refractivity contribution in [3.8, 4) is 0 Å². The van der Waals surface area contributed by atoms with Gasteiger partial charge in [-0.05, 0) is 24.8 Å². The van der Waals surface area contributed by atoms with Crippen LogP contribution in [0.25, 0.3) is 0 Å². The molecule has 1 aromatic heterocycles. The highest BCUT2D eigenvalue weighted by Gasteiger charge is 2.06. The lowest BCUT2D eigenvalue weighted by Gasteiger charge is -2.03. The molecule has 0 saturated heterocycles. The molecule has 1 heterocycles. The van der Waals surface area contributed by atoms with Crippen LogP contribution in [0.5, 0.6) is 0 Å². The molecule has 2 N–H and O–H groups in total. The highest BCUT2D eigenvalue weighted by atomic mass is 32.1. The molecule has 0 atom stereocenters. The normalized spacial score (nSPS) is 11.1. The van der Waals surface area contributed by atoms with Crippen LogP contribution in [0.1, 0.15) is 36.4 Å². The van der Waals surface area contributed by atoms with E-state index in [1.165, 1.54) is 11.3 Å². The minimum atomic E-state index is -0.252. The van der Waals surface area contributed by atoms with Crippen molar-refractivity contribution in [3.05, 3.63) is 22.4 Å². The number of hydrazone groups is 1. The number of hydrogen-bond acceptors (Lipinski definition) is 4. The number of carbonyl (C=O) groups excluding carboxylic acids is 2. The maximum atomic E-state index is 11.6. The molecule has 2 amide bonds. The summed E-state index contributed by atoms with van der Waals surface area (Å²) in [6, 6.07) is 3.52. The number of carbonyl (C=O) groups is 2. The van der Waals surface area contributed by atoms with Gasteiger partial charge in [-0.25, -0.2) is 5.43 Å². The Kier molecular flexibility index (Phi) is 6.07. The largest absolute Gasteiger partial charge is 0.356 e. The first kappa shape index (κ1) is 14.4. The predicted molar refractivity (Wildman–Crippen MR) is 72.8 cm³/mol. The summed E-state index contributed by atoms with van der Waals surface area (Å²) in [6.07, 6.45) is 1.10. The molecular weight excluding hydrogens is 250 g/mol. The average molecular weight is 267 g/mol. The maximum Gasteiger partial charge on any atom is 0.281 e. The van der Waals surface area contributed by atoms with Crippen LogP contribution in [-0.4, -0.2) is 24.1 Å². The van der Waals surface area contributed by atoms with Gasteiger partial charge >= 0.3 is 0 Å². The van der Waals surface area contributed by atoms with Gasteiger partial charge in [0.15, 0.2) is 0 Å². The summed E-state index contributed by atoms with van der Waals surface area (Å²) < 4.78 is 0. The summed E-state index contributed by atoms with van der Waals surface area (Å²) in [4.78, 5) is 23.5. The highest BCUT2D eigenvalue weighted by molar-refractivity contribution is 7.12. The summed E-state index contributed by atoms with van der Waals surface area (Å²) in [5, 5.41) is 8.46. The number of thiophene rings is 1. The third-order valence-corrected chi connectivity index (χ3v) is 2.95. The summed E-state index contributed by atoms with van der Waals surface area (Å²) in [7, 11) is 0. The molecule has 0 aliphatic rings. The molecule has 1 rings (SSSR count). The highest BCUT2D eigenvalue weighted by Crippen LogP contribution is 2.07. The Balaban J connectivity index is 2.37. The Bertz CT molecular complexity index is 427. The minimum absolute atomic E-state index is 0.0801. The molecule has 1 aromatic rings. The molecule has 0 aliphatic heterocycles. The first-order valence-corrected chi connectivity index (χ1v) is 6.65. The lowest BCUT2D eigenvalue weighted by atomic mass is 10.3. The van der Waals surface area contributed by atoms with Crippen LogP contribution in [0.3, 0.4) is 0 Å². The predicted octanol–water partition coefficient (Wildman–Crippen LogP) is 1.77. The average Bonchev–Trinajstić information content (AvgIpc) is 2.87. The Labute approximate surface area is 110 Å². The number of nitrogens with zero attached hydrogens (tertiary/aromatic N) is 1. The molecule has 0 radical (unpaired) electrons. The van der Waals surface area contributed by atoms with Crippen molar-refractivity contribution < 1.29 is 9.59 Å².